The molecule has 1 aromatic rings. The Morgan fingerprint density at radius 3 is 2.55 bits per heavy atom. The number of aliphatic hydroxyl groups is 1. The van der Waals surface area contributed by atoms with Crippen LogP contribution in [0, 0.1) is 11.3 Å². The summed E-state index contributed by atoms with van der Waals surface area (Å²) in [6.45, 7) is 4.56. The first kappa shape index (κ1) is 29.7. The first-order valence-corrected chi connectivity index (χ1v) is 14.3. The van der Waals surface area contributed by atoms with E-state index in [9.17, 15) is 24.3 Å². The maximum Gasteiger partial charge on any atom is 0.247 e. The minimum atomic E-state index is -1.04. The number of hydrogen-bond donors (Lipinski definition) is 4. The highest BCUT2D eigenvalue weighted by Gasteiger charge is 2.42. The number of nitrogens with one attached hydrogen (secondary N) is 3. The van der Waals surface area contributed by atoms with Crippen molar-refractivity contribution in [1.82, 2.24) is 20.9 Å². The summed E-state index contributed by atoms with van der Waals surface area (Å²) in [5, 5.41) is 19.0. The van der Waals surface area contributed by atoms with E-state index in [1.54, 1.807) is 4.90 Å². The summed E-state index contributed by atoms with van der Waals surface area (Å²) in [7, 11) is 0. The van der Waals surface area contributed by atoms with Crippen LogP contribution in [0.25, 0.3) is 0 Å². The molecule has 0 unspecified atom stereocenters. The van der Waals surface area contributed by atoms with Gasteiger partial charge in [-0.25, -0.2) is 0 Å². The number of allylic oxidation sites excluding steroid dienone is 2. The lowest BCUT2D eigenvalue weighted by Crippen LogP contribution is -2.60. The smallest absolute Gasteiger partial charge is 0.247 e. The van der Waals surface area contributed by atoms with Crippen molar-refractivity contribution in [3.05, 3.63) is 48.0 Å². The zero-order valence-electron chi connectivity index (χ0n) is 23.4. The zero-order chi connectivity index (χ0) is 28.7. The molecular formula is C30H42N4O6. The molecule has 4 amide bonds. The molecular weight excluding hydrogens is 512 g/mol. The van der Waals surface area contributed by atoms with Crippen molar-refractivity contribution in [3.63, 3.8) is 0 Å². The van der Waals surface area contributed by atoms with E-state index in [-0.39, 0.29) is 35.6 Å². The number of amides is 4. The van der Waals surface area contributed by atoms with Crippen molar-refractivity contribution >= 4 is 23.6 Å². The number of carbonyl (C=O) groups is 4. The standard InChI is InChI=1S/C30H42N4O6/c1-20(35)26(31-21(2)36)28(38)34-15-11-24-23(19-34)10-6-7-12-30(13-16-40-17-14-30)29(39)33-25(27(37)32-24)18-22-8-4-3-5-9-22/h3-9,20,23-26,35H,10-19H2,1-2H3,(H,31,36)(H,32,37)(H,33,39)/b7-6+/t20-,23-,24-,25-,26+/m1/s1. The molecule has 5 atom stereocenters. The molecule has 2 fully saturated rings. The molecule has 3 aliphatic rings. The number of likely N-dealkylation sites (tertiary alicyclic amines) is 1. The van der Waals surface area contributed by atoms with Crippen LogP contribution in [0.3, 0.4) is 0 Å². The van der Waals surface area contributed by atoms with E-state index in [2.05, 4.69) is 16.0 Å². The van der Waals surface area contributed by atoms with Gasteiger partial charge < -0.3 is 30.7 Å². The summed E-state index contributed by atoms with van der Waals surface area (Å²) in [6, 6.07) is 7.69. The van der Waals surface area contributed by atoms with Crippen LogP contribution in [0.2, 0.25) is 0 Å². The van der Waals surface area contributed by atoms with Gasteiger partial charge in [0.1, 0.15) is 12.1 Å². The molecule has 218 valence electrons. The molecule has 0 aromatic heterocycles. The average molecular weight is 555 g/mol. The highest BCUT2D eigenvalue weighted by atomic mass is 16.5. The summed E-state index contributed by atoms with van der Waals surface area (Å²) in [4.78, 5) is 54.0. The molecule has 0 saturated carbocycles. The summed E-state index contributed by atoms with van der Waals surface area (Å²) >= 11 is 0. The van der Waals surface area contributed by atoms with Gasteiger partial charge in [-0.2, -0.15) is 0 Å². The van der Waals surface area contributed by atoms with Gasteiger partial charge >= 0.3 is 0 Å². The lowest BCUT2D eigenvalue weighted by Gasteiger charge is -2.41. The van der Waals surface area contributed by atoms with Crippen LogP contribution in [-0.4, -0.2) is 84.2 Å². The normalized spacial score (nSPS) is 27.6. The summed E-state index contributed by atoms with van der Waals surface area (Å²) in [5.74, 6) is -1.14. The van der Waals surface area contributed by atoms with Gasteiger partial charge in [-0.05, 0) is 44.6 Å². The Morgan fingerprint density at radius 2 is 1.88 bits per heavy atom. The SMILES string of the molecule is CC(=O)N[C@H](C(=O)N1CC[C@H]2NC(=O)[C@@H](Cc3ccccc3)NC(=O)C3(C/C=C/C[C@@H]2C1)CCOCC3)[C@@H](C)O. The zero-order valence-corrected chi connectivity index (χ0v) is 23.4. The Hall–Kier alpha value is -3.24. The Kier molecular flexibility index (Phi) is 9.97. The molecule has 4 N–H and O–H groups in total. The van der Waals surface area contributed by atoms with Crippen LogP contribution in [0.1, 0.15) is 51.5 Å². The van der Waals surface area contributed by atoms with Crippen molar-refractivity contribution in [1.29, 1.82) is 0 Å². The average Bonchev–Trinajstić information content (AvgIpc) is 2.94. The van der Waals surface area contributed by atoms with E-state index in [0.29, 0.717) is 64.8 Å². The van der Waals surface area contributed by atoms with Crippen molar-refractivity contribution in [3.8, 4) is 0 Å². The second-order valence-corrected chi connectivity index (χ2v) is 11.4. The highest BCUT2D eigenvalue weighted by molar-refractivity contribution is 5.91. The predicted molar refractivity (Wildman–Crippen MR) is 149 cm³/mol. The second-order valence-electron chi connectivity index (χ2n) is 11.4. The number of ether oxygens (including phenoxy) is 1. The van der Waals surface area contributed by atoms with Gasteiger partial charge in [0.2, 0.25) is 23.6 Å². The first-order valence-electron chi connectivity index (χ1n) is 14.3. The lowest BCUT2D eigenvalue weighted by molar-refractivity contribution is -0.142. The molecule has 0 aliphatic carbocycles. The van der Waals surface area contributed by atoms with Gasteiger partial charge in [0.25, 0.3) is 0 Å². The van der Waals surface area contributed by atoms with Gasteiger partial charge in [-0.3, -0.25) is 19.2 Å². The highest BCUT2D eigenvalue weighted by Crippen LogP contribution is 2.36. The van der Waals surface area contributed by atoms with Crippen molar-refractivity contribution < 1.29 is 29.0 Å². The van der Waals surface area contributed by atoms with Crippen LogP contribution in [0.15, 0.2) is 42.5 Å². The van der Waals surface area contributed by atoms with Crippen LogP contribution >= 0.6 is 0 Å². The van der Waals surface area contributed by atoms with Gasteiger partial charge in [0.15, 0.2) is 0 Å². The molecule has 2 saturated heterocycles. The van der Waals surface area contributed by atoms with Crippen molar-refractivity contribution in [2.45, 2.75) is 76.6 Å². The third kappa shape index (κ3) is 7.28. The minimum absolute atomic E-state index is 0.0666. The fraction of sp³-hybridized carbons (Fsp3) is 0.600. The Balaban J connectivity index is 1.58. The van der Waals surface area contributed by atoms with Gasteiger partial charge in [-0.15, -0.1) is 0 Å². The van der Waals surface area contributed by atoms with Crippen LogP contribution < -0.4 is 16.0 Å². The molecule has 3 aliphatic heterocycles. The van der Waals surface area contributed by atoms with E-state index in [1.165, 1.54) is 13.8 Å². The number of piperidine rings is 1. The number of fused-ring (bicyclic) bond motifs is 1. The number of nitrogens with zero attached hydrogens (tertiary/aromatic N) is 1. The molecule has 40 heavy (non-hydrogen) atoms. The maximum absolute atomic E-state index is 13.7. The topological polar surface area (TPSA) is 137 Å². The van der Waals surface area contributed by atoms with Crippen molar-refractivity contribution in [2.24, 2.45) is 11.3 Å². The summed E-state index contributed by atoms with van der Waals surface area (Å²) in [6.07, 6.45) is 6.29. The third-order valence-electron chi connectivity index (χ3n) is 8.43. The van der Waals surface area contributed by atoms with E-state index in [4.69, 9.17) is 4.74 Å². The summed E-state index contributed by atoms with van der Waals surface area (Å²) < 4.78 is 5.56. The maximum atomic E-state index is 13.7. The molecule has 10 nitrogen and oxygen atoms in total. The monoisotopic (exact) mass is 554 g/mol. The van der Waals surface area contributed by atoms with Gasteiger partial charge in [-0.1, -0.05) is 42.5 Å². The fourth-order valence-corrected chi connectivity index (χ4v) is 5.99. The fourth-order valence-electron chi connectivity index (χ4n) is 5.99. The van der Waals surface area contributed by atoms with Crippen LogP contribution in [0.4, 0.5) is 0 Å². The number of carbonyl (C=O) groups excluding carboxylic acids is 4. The molecule has 10 heteroatoms. The Bertz CT molecular complexity index is 1080. The Labute approximate surface area is 235 Å². The van der Waals surface area contributed by atoms with E-state index in [1.807, 2.05) is 42.5 Å². The molecule has 4 rings (SSSR count). The quantitative estimate of drug-likeness (QED) is 0.402. The van der Waals surface area contributed by atoms with Crippen LogP contribution in [-0.2, 0) is 30.3 Å². The van der Waals surface area contributed by atoms with Gasteiger partial charge in [0, 0.05) is 51.6 Å². The van der Waals surface area contributed by atoms with E-state index in [0.717, 1.165) is 5.56 Å². The number of benzene rings is 1. The number of aliphatic hydroxyl groups excluding tert-OH is 1. The molecule has 3 heterocycles. The lowest BCUT2D eigenvalue weighted by atomic mass is 9.75. The second kappa shape index (κ2) is 13.4. The first-order chi connectivity index (χ1) is 19.2. The minimum Gasteiger partial charge on any atom is -0.391 e. The van der Waals surface area contributed by atoms with E-state index >= 15 is 0 Å². The number of rotatable bonds is 5. The molecule has 0 radical (unpaired) electrons. The van der Waals surface area contributed by atoms with Gasteiger partial charge in [0.05, 0.1) is 11.5 Å². The van der Waals surface area contributed by atoms with Crippen LogP contribution in [0.5, 0.6) is 0 Å². The molecule has 0 bridgehead atoms. The number of hydrogen-bond acceptors (Lipinski definition) is 6. The third-order valence-corrected chi connectivity index (χ3v) is 8.43. The summed E-state index contributed by atoms with van der Waals surface area (Å²) in [5.41, 5.74) is 0.315. The molecule has 1 aromatic carbocycles. The Morgan fingerprint density at radius 1 is 1.15 bits per heavy atom. The molecule has 1 spiro atoms. The van der Waals surface area contributed by atoms with E-state index < -0.39 is 23.6 Å². The predicted octanol–water partition coefficient (Wildman–Crippen LogP) is 1.08. The van der Waals surface area contributed by atoms with Crippen molar-refractivity contribution in [2.75, 3.05) is 26.3 Å². The largest absolute Gasteiger partial charge is 0.391 e.